The Kier molecular flexibility index (Phi) is 9.94. The van der Waals surface area contributed by atoms with Gasteiger partial charge in [0.2, 0.25) is 0 Å². The number of unbranched alkanes of at least 4 members (excludes halogenated alkanes) is 3. The molecule has 0 spiro atoms. The van der Waals surface area contributed by atoms with E-state index in [0.29, 0.717) is 13.2 Å². The Morgan fingerprint density at radius 1 is 1.11 bits per heavy atom. The molecule has 0 rings (SSSR count). The lowest BCUT2D eigenvalue weighted by Crippen LogP contribution is -2.34. The van der Waals surface area contributed by atoms with Crippen molar-refractivity contribution in [1.29, 1.82) is 0 Å². The highest BCUT2D eigenvalue weighted by atomic mass is 16.6. The van der Waals surface area contributed by atoms with Crippen LogP contribution in [0, 0.1) is 5.92 Å². The fourth-order valence-corrected chi connectivity index (χ4v) is 1.37. The molecule has 0 aromatic carbocycles. The van der Waals surface area contributed by atoms with Gasteiger partial charge in [-0.05, 0) is 12.3 Å². The molecule has 0 saturated carbocycles. The van der Waals surface area contributed by atoms with E-state index in [1.54, 1.807) is 0 Å². The first-order valence-electron chi connectivity index (χ1n) is 7.00. The molecule has 0 saturated heterocycles. The molecular formula is C14H27NO4. The lowest BCUT2D eigenvalue weighted by molar-refractivity contribution is -0.144. The first-order valence-corrected chi connectivity index (χ1v) is 7.00. The predicted octanol–water partition coefficient (Wildman–Crippen LogP) is 2.83. The van der Waals surface area contributed by atoms with Crippen LogP contribution in [0.4, 0.5) is 4.79 Å². The molecule has 0 unspecified atom stereocenters. The van der Waals surface area contributed by atoms with E-state index < -0.39 is 6.09 Å². The van der Waals surface area contributed by atoms with Crippen molar-refractivity contribution in [3.05, 3.63) is 0 Å². The van der Waals surface area contributed by atoms with Crippen LogP contribution in [-0.4, -0.2) is 43.8 Å². The summed E-state index contributed by atoms with van der Waals surface area (Å²) in [6.45, 7) is 6.76. The Balaban J connectivity index is 3.70. The first kappa shape index (κ1) is 17.7. The second-order valence-electron chi connectivity index (χ2n) is 5.11. The summed E-state index contributed by atoms with van der Waals surface area (Å²) < 4.78 is 10.0. The number of likely N-dealkylation sites (N-methyl/N-ethyl adjacent to an activating group) is 1. The maximum atomic E-state index is 11.5. The summed E-state index contributed by atoms with van der Waals surface area (Å²) in [5, 5.41) is 0. The average molecular weight is 273 g/mol. The summed E-state index contributed by atoms with van der Waals surface area (Å²) in [6.07, 6.45) is 3.76. The van der Waals surface area contributed by atoms with Gasteiger partial charge in [0.25, 0.3) is 0 Å². The first-order chi connectivity index (χ1) is 8.97. The molecule has 0 aromatic rings. The molecule has 0 aliphatic heterocycles. The second-order valence-corrected chi connectivity index (χ2v) is 5.11. The van der Waals surface area contributed by atoms with Crippen LogP contribution >= 0.6 is 0 Å². The van der Waals surface area contributed by atoms with Crippen molar-refractivity contribution in [1.82, 2.24) is 4.90 Å². The van der Waals surface area contributed by atoms with Crippen LogP contribution in [-0.2, 0) is 14.3 Å². The van der Waals surface area contributed by atoms with Gasteiger partial charge in [0, 0.05) is 7.05 Å². The molecule has 0 aliphatic carbocycles. The van der Waals surface area contributed by atoms with Crippen LogP contribution < -0.4 is 0 Å². The Morgan fingerprint density at radius 2 is 1.79 bits per heavy atom. The highest BCUT2D eigenvalue weighted by molar-refractivity contribution is 5.77. The van der Waals surface area contributed by atoms with Crippen LogP contribution in [0.15, 0.2) is 0 Å². The SMILES string of the molecule is CCCCCCOC(=O)CN(C)C(=O)OCC(C)C. The van der Waals surface area contributed by atoms with E-state index in [1.165, 1.54) is 11.9 Å². The Hall–Kier alpha value is -1.26. The molecule has 112 valence electrons. The van der Waals surface area contributed by atoms with Gasteiger partial charge >= 0.3 is 12.1 Å². The van der Waals surface area contributed by atoms with E-state index in [1.807, 2.05) is 13.8 Å². The molecule has 0 atom stereocenters. The third-order valence-corrected chi connectivity index (χ3v) is 2.48. The predicted molar refractivity (Wildman–Crippen MR) is 73.9 cm³/mol. The smallest absolute Gasteiger partial charge is 0.410 e. The summed E-state index contributed by atoms with van der Waals surface area (Å²) in [7, 11) is 1.53. The molecule has 0 fully saturated rings. The van der Waals surface area contributed by atoms with E-state index in [0.717, 1.165) is 25.7 Å². The minimum absolute atomic E-state index is 0.0648. The number of amides is 1. The van der Waals surface area contributed by atoms with Crippen molar-refractivity contribution >= 4 is 12.1 Å². The Morgan fingerprint density at radius 3 is 2.37 bits per heavy atom. The molecule has 1 amide bonds. The molecule has 19 heavy (non-hydrogen) atoms. The minimum atomic E-state index is -0.489. The van der Waals surface area contributed by atoms with Gasteiger partial charge in [-0.2, -0.15) is 0 Å². The van der Waals surface area contributed by atoms with Crippen molar-refractivity contribution in [2.24, 2.45) is 5.92 Å². The molecule has 5 nitrogen and oxygen atoms in total. The van der Waals surface area contributed by atoms with Crippen molar-refractivity contribution in [3.8, 4) is 0 Å². The summed E-state index contributed by atoms with van der Waals surface area (Å²) in [5.41, 5.74) is 0. The standard InChI is InChI=1S/C14H27NO4/c1-5-6-7-8-9-18-13(16)10-15(4)14(17)19-11-12(2)3/h12H,5-11H2,1-4H3. The summed E-state index contributed by atoms with van der Waals surface area (Å²) >= 11 is 0. The third-order valence-electron chi connectivity index (χ3n) is 2.48. The quantitative estimate of drug-likeness (QED) is 0.479. The fraction of sp³-hybridized carbons (Fsp3) is 0.857. The van der Waals surface area contributed by atoms with E-state index in [-0.39, 0.29) is 18.4 Å². The van der Waals surface area contributed by atoms with Gasteiger partial charge in [-0.1, -0.05) is 40.0 Å². The maximum absolute atomic E-state index is 11.5. The van der Waals surface area contributed by atoms with E-state index in [4.69, 9.17) is 9.47 Å². The number of carbonyl (C=O) groups excluding carboxylic acids is 2. The molecular weight excluding hydrogens is 246 g/mol. The van der Waals surface area contributed by atoms with Crippen LogP contribution in [0.1, 0.15) is 46.5 Å². The van der Waals surface area contributed by atoms with Gasteiger partial charge < -0.3 is 14.4 Å². The summed E-state index contributed by atoms with van der Waals surface area (Å²) in [4.78, 5) is 24.2. The monoisotopic (exact) mass is 273 g/mol. The third kappa shape index (κ3) is 10.4. The molecule has 0 aliphatic rings. The van der Waals surface area contributed by atoms with Gasteiger partial charge in [-0.3, -0.25) is 4.79 Å². The number of hydrogen-bond acceptors (Lipinski definition) is 4. The lowest BCUT2D eigenvalue weighted by Gasteiger charge is -2.17. The minimum Gasteiger partial charge on any atom is -0.464 e. The number of carbonyl (C=O) groups is 2. The fourth-order valence-electron chi connectivity index (χ4n) is 1.37. The highest BCUT2D eigenvalue weighted by Gasteiger charge is 2.15. The average Bonchev–Trinajstić information content (AvgIpc) is 2.35. The number of hydrogen-bond donors (Lipinski definition) is 0. The summed E-state index contributed by atoms with van der Waals surface area (Å²) in [5.74, 6) is -0.108. The van der Waals surface area contributed by atoms with Gasteiger partial charge in [0.15, 0.2) is 0 Å². The van der Waals surface area contributed by atoms with Gasteiger partial charge in [-0.25, -0.2) is 4.79 Å². The zero-order valence-corrected chi connectivity index (χ0v) is 12.6. The van der Waals surface area contributed by atoms with Crippen molar-refractivity contribution < 1.29 is 19.1 Å². The number of esters is 1. The zero-order chi connectivity index (χ0) is 14.7. The largest absolute Gasteiger partial charge is 0.464 e. The molecule has 0 heterocycles. The van der Waals surface area contributed by atoms with E-state index in [9.17, 15) is 9.59 Å². The topological polar surface area (TPSA) is 55.8 Å². The Bertz CT molecular complexity index is 266. The molecule has 0 bridgehead atoms. The zero-order valence-electron chi connectivity index (χ0n) is 12.6. The van der Waals surface area contributed by atoms with Crippen LogP contribution in [0.5, 0.6) is 0 Å². The van der Waals surface area contributed by atoms with E-state index in [2.05, 4.69) is 6.92 Å². The van der Waals surface area contributed by atoms with Crippen LogP contribution in [0.25, 0.3) is 0 Å². The molecule has 5 heteroatoms. The Labute approximate surface area is 116 Å². The summed E-state index contributed by atoms with van der Waals surface area (Å²) in [6, 6.07) is 0. The van der Waals surface area contributed by atoms with Gasteiger partial charge in [0.1, 0.15) is 6.54 Å². The normalized spacial score (nSPS) is 10.4. The van der Waals surface area contributed by atoms with Gasteiger partial charge in [-0.15, -0.1) is 0 Å². The van der Waals surface area contributed by atoms with Crippen molar-refractivity contribution in [3.63, 3.8) is 0 Å². The van der Waals surface area contributed by atoms with Crippen molar-refractivity contribution in [2.75, 3.05) is 26.8 Å². The molecule has 0 N–H and O–H groups in total. The van der Waals surface area contributed by atoms with E-state index >= 15 is 0 Å². The second kappa shape index (κ2) is 10.6. The number of ether oxygens (including phenoxy) is 2. The molecule has 0 radical (unpaired) electrons. The van der Waals surface area contributed by atoms with Crippen LogP contribution in [0.2, 0.25) is 0 Å². The van der Waals surface area contributed by atoms with Crippen LogP contribution in [0.3, 0.4) is 0 Å². The lowest BCUT2D eigenvalue weighted by atomic mass is 10.2. The number of nitrogens with zero attached hydrogens (tertiary/aromatic N) is 1. The maximum Gasteiger partial charge on any atom is 0.410 e. The molecule has 0 aromatic heterocycles. The highest BCUT2D eigenvalue weighted by Crippen LogP contribution is 2.00. The van der Waals surface area contributed by atoms with Crippen molar-refractivity contribution in [2.45, 2.75) is 46.5 Å². The van der Waals surface area contributed by atoms with Gasteiger partial charge in [0.05, 0.1) is 13.2 Å². The number of rotatable bonds is 9.